The minimum Gasteiger partial charge on any atom is -0.351 e. The second-order valence-electron chi connectivity index (χ2n) is 3.26. The van der Waals surface area contributed by atoms with Gasteiger partial charge in [-0.2, -0.15) is 13.2 Å². The lowest BCUT2D eigenvalue weighted by atomic mass is 10.2. The van der Waals surface area contributed by atoms with Crippen molar-refractivity contribution < 1.29 is 35.9 Å². The highest BCUT2D eigenvalue weighted by atomic mass is 19.4. The molecule has 1 rings (SSSR count). The molecule has 9 heteroatoms. The number of hydrogen-bond donors (Lipinski definition) is 0. The van der Waals surface area contributed by atoms with Crippen LogP contribution in [-0.4, -0.2) is 29.5 Å². The molecule has 0 aliphatic heterocycles. The molecule has 0 aliphatic carbocycles. The Labute approximate surface area is 96.9 Å². The Bertz CT molecular complexity index is 419. The number of carbonyl (C=O) groups excluding carboxylic acids is 1. The lowest BCUT2D eigenvalue weighted by Crippen LogP contribution is -2.22. The van der Waals surface area contributed by atoms with E-state index >= 15 is 0 Å². The fourth-order valence-corrected chi connectivity index (χ4v) is 1.14. The van der Waals surface area contributed by atoms with Gasteiger partial charge in [0, 0.05) is 24.5 Å². The molecule has 0 amide bonds. The molecule has 0 fully saturated rings. The first-order valence-corrected chi connectivity index (χ1v) is 4.57. The molecule has 18 heavy (non-hydrogen) atoms. The number of aromatic nitrogens is 1. The zero-order valence-corrected chi connectivity index (χ0v) is 8.68. The van der Waals surface area contributed by atoms with Gasteiger partial charge in [0.05, 0.1) is 6.61 Å². The highest BCUT2D eigenvalue weighted by molar-refractivity contribution is 6.00. The molecule has 3 nitrogen and oxygen atoms in total. The lowest BCUT2D eigenvalue weighted by Gasteiger charge is -2.07. The van der Waals surface area contributed by atoms with E-state index in [9.17, 15) is 31.1 Å². The van der Waals surface area contributed by atoms with Crippen LogP contribution in [-0.2, 0) is 11.3 Å². The largest absolute Gasteiger partial charge is 0.522 e. The van der Waals surface area contributed by atoms with E-state index in [0.717, 1.165) is 23.0 Å². The molecule has 102 valence electrons. The third kappa shape index (κ3) is 4.40. The first-order valence-electron chi connectivity index (χ1n) is 4.57. The van der Waals surface area contributed by atoms with Gasteiger partial charge in [-0.25, -0.2) is 0 Å². The normalized spacial score (nSPS) is 12.8. The van der Waals surface area contributed by atoms with E-state index in [0.29, 0.717) is 0 Å². The van der Waals surface area contributed by atoms with Crippen LogP contribution in [0.2, 0.25) is 0 Å². The van der Waals surface area contributed by atoms with E-state index in [1.165, 1.54) is 0 Å². The van der Waals surface area contributed by atoms with Crippen molar-refractivity contribution in [1.29, 1.82) is 0 Å². The number of Topliss-reactive ketones (excluding diaryl/α,β-unsaturated/α-hetero) is 1. The minimum atomic E-state index is -5.01. The number of alkyl halides is 6. The van der Waals surface area contributed by atoms with Crippen molar-refractivity contribution in [2.45, 2.75) is 19.1 Å². The van der Waals surface area contributed by atoms with Crippen molar-refractivity contribution >= 4 is 5.78 Å². The van der Waals surface area contributed by atoms with Crippen LogP contribution in [0.3, 0.4) is 0 Å². The molecule has 0 N–H and O–H groups in total. The average molecular weight is 275 g/mol. The van der Waals surface area contributed by atoms with E-state index in [1.807, 2.05) is 0 Å². The molecule has 0 unspecified atom stereocenters. The number of rotatable bonds is 4. The van der Waals surface area contributed by atoms with E-state index in [2.05, 4.69) is 4.74 Å². The van der Waals surface area contributed by atoms with Crippen LogP contribution in [0.15, 0.2) is 18.5 Å². The summed E-state index contributed by atoms with van der Waals surface area (Å²) in [5.41, 5.74) is -0.630. The summed E-state index contributed by atoms with van der Waals surface area (Å²) in [4.78, 5) is 10.8. The molecule has 1 aromatic rings. The maximum absolute atomic E-state index is 12.0. The van der Waals surface area contributed by atoms with Crippen LogP contribution in [0.4, 0.5) is 26.3 Å². The molecule has 0 aliphatic rings. The summed E-state index contributed by atoms with van der Waals surface area (Å²) < 4.78 is 75.3. The number of carbonyl (C=O) groups is 1. The van der Waals surface area contributed by atoms with Gasteiger partial charge in [0.15, 0.2) is 0 Å². The summed E-state index contributed by atoms with van der Waals surface area (Å²) in [6.45, 7) is -1.07. The maximum atomic E-state index is 12.0. The zero-order valence-electron chi connectivity index (χ0n) is 8.68. The predicted molar refractivity (Wildman–Crippen MR) is 46.8 cm³/mol. The van der Waals surface area contributed by atoms with Gasteiger partial charge in [-0.1, -0.05) is 0 Å². The fraction of sp³-hybridized carbons (Fsp3) is 0.444. The van der Waals surface area contributed by atoms with Crippen molar-refractivity contribution in [3.63, 3.8) is 0 Å². The van der Waals surface area contributed by atoms with E-state index in [1.54, 1.807) is 0 Å². The van der Waals surface area contributed by atoms with Gasteiger partial charge in [-0.05, 0) is 6.07 Å². The van der Waals surface area contributed by atoms with E-state index < -0.39 is 30.5 Å². The van der Waals surface area contributed by atoms with Gasteiger partial charge >= 0.3 is 12.5 Å². The maximum Gasteiger partial charge on any atom is 0.522 e. The van der Waals surface area contributed by atoms with E-state index in [4.69, 9.17) is 0 Å². The number of halogens is 6. The summed E-state index contributed by atoms with van der Waals surface area (Å²) in [6, 6.07) is 0.878. The van der Waals surface area contributed by atoms with E-state index in [-0.39, 0.29) is 6.54 Å². The molecule has 0 atom stereocenters. The van der Waals surface area contributed by atoms with Crippen LogP contribution in [0.5, 0.6) is 0 Å². The van der Waals surface area contributed by atoms with Gasteiger partial charge in [-0.15, -0.1) is 13.2 Å². The Morgan fingerprint density at radius 3 is 2.33 bits per heavy atom. The second kappa shape index (κ2) is 5.01. The molecule has 0 spiro atoms. The van der Waals surface area contributed by atoms with Crippen LogP contribution in [0, 0.1) is 0 Å². The molecule has 1 heterocycles. The first kappa shape index (κ1) is 14.6. The molecule has 1 aromatic heterocycles. The summed E-state index contributed by atoms with van der Waals surface area (Å²) in [6.07, 6.45) is -7.92. The summed E-state index contributed by atoms with van der Waals surface area (Å²) in [7, 11) is 0. The Kier molecular flexibility index (Phi) is 4.05. The average Bonchev–Trinajstić information content (AvgIpc) is 2.61. The van der Waals surface area contributed by atoms with Gasteiger partial charge < -0.3 is 4.57 Å². The third-order valence-corrected chi connectivity index (χ3v) is 1.89. The topological polar surface area (TPSA) is 31.2 Å². The number of nitrogens with zero attached hydrogens (tertiary/aromatic N) is 1. The molecule has 0 saturated heterocycles. The third-order valence-electron chi connectivity index (χ3n) is 1.89. The van der Waals surface area contributed by atoms with Crippen molar-refractivity contribution in [2.75, 3.05) is 6.61 Å². The van der Waals surface area contributed by atoms with Crippen LogP contribution >= 0.6 is 0 Å². The second-order valence-corrected chi connectivity index (χ2v) is 3.26. The predicted octanol–water partition coefficient (Wildman–Crippen LogP) is 2.77. The Morgan fingerprint density at radius 2 is 1.83 bits per heavy atom. The molecule has 0 bridgehead atoms. The number of hydrogen-bond acceptors (Lipinski definition) is 2. The monoisotopic (exact) mass is 275 g/mol. The van der Waals surface area contributed by atoms with Gasteiger partial charge in [-0.3, -0.25) is 9.53 Å². The van der Waals surface area contributed by atoms with Crippen LogP contribution < -0.4 is 0 Å². The Morgan fingerprint density at radius 1 is 1.22 bits per heavy atom. The molecule has 0 aromatic carbocycles. The standard InChI is InChI=1S/C9H7F6NO2/c10-8(11,12)7(17)6-1-2-16(5-6)3-4-18-9(13,14)15/h1-2,5H,3-4H2. The van der Waals surface area contributed by atoms with Crippen molar-refractivity contribution in [3.05, 3.63) is 24.0 Å². The fourth-order valence-electron chi connectivity index (χ4n) is 1.14. The van der Waals surface area contributed by atoms with Crippen molar-refractivity contribution in [3.8, 4) is 0 Å². The SMILES string of the molecule is O=C(c1ccn(CCOC(F)(F)F)c1)C(F)(F)F. The zero-order chi connectivity index (χ0) is 14.0. The van der Waals surface area contributed by atoms with Gasteiger partial charge in [0.25, 0.3) is 5.78 Å². The molecule has 0 saturated carbocycles. The van der Waals surface area contributed by atoms with Gasteiger partial charge in [0.2, 0.25) is 0 Å². The molecule has 0 radical (unpaired) electrons. The van der Waals surface area contributed by atoms with Crippen molar-refractivity contribution in [2.24, 2.45) is 0 Å². The lowest BCUT2D eigenvalue weighted by molar-refractivity contribution is -0.325. The highest BCUT2D eigenvalue weighted by Gasteiger charge is 2.39. The van der Waals surface area contributed by atoms with Gasteiger partial charge in [0.1, 0.15) is 0 Å². The van der Waals surface area contributed by atoms with Crippen LogP contribution in [0.1, 0.15) is 10.4 Å². The number of ketones is 1. The smallest absolute Gasteiger partial charge is 0.351 e. The highest BCUT2D eigenvalue weighted by Crippen LogP contribution is 2.21. The minimum absolute atomic E-state index is 0.315. The Balaban J connectivity index is 2.57. The quantitative estimate of drug-likeness (QED) is 0.625. The van der Waals surface area contributed by atoms with Crippen molar-refractivity contribution in [1.82, 2.24) is 4.57 Å². The first-order chi connectivity index (χ1) is 8.09. The summed E-state index contributed by atoms with van der Waals surface area (Å²) in [5, 5.41) is 0. The Hall–Kier alpha value is -1.51. The summed E-state index contributed by atoms with van der Waals surface area (Å²) in [5.74, 6) is -2.04. The number of ether oxygens (including phenoxy) is 1. The van der Waals surface area contributed by atoms with Crippen LogP contribution in [0.25, 0.3) is 0 Å². The molecular weight excluding hydrogens is 268 g/mol. The molecular formula is C9H7F6NO2. The summed E-state index contributed by atoms with van der Waals surface area (Å²) >= 11 is 0.